The molecule has 0 fully saturated rings. The van der Waals surface area contributed by atoms with E-state index in [-0.39, 0.29) is 5.60 Å². The third-order valence-electron chi connectivity index (χ3n) is 4.36. The summed E-state index contributed by atoms with van der Waals surface area (Å²) in [6.45, 7) is 11.0. The Labute approximate surface area is 150 Å². The lowest BCUT2D eigenvalue weighted by atomic mass is 9.95. The van der Waals surface area contributed by atoms with Crippen LogP contribution in [0.25, 0.3) is 20.4 Å². The largest absolute Gasteiger partial charge is 0.472 e. The molecule has 3 aromatic rings. The predicted octanol–water partition coefficient (Wildman–Crippen LogP) is 4.22. The van der Waals surface area contributed by atoms with Crippen LogP contribution in [0.4, 0.5) is 0 Å². The number of hydrogen-bond acceptors (Lipinski definition) is 6. The van der Waals surface area contributed by atoms with Gasteiger partial charge in [0.15, 0.2) is 0 Å². The normalized spacial score (nSPS) is 16.1. The van der Waals surface area contributed by atoms with Gasteiger partial charge in [-0.2, -0.15) is 4.98 Å². The van der Waals surface area contributed by atoms with Crippen LogP contribution in [0.5, 0.6) is 5.88 Å². The summed E-state index contributed by atoms with van der Waals surface area (Å²) in [7, 11) is 0. The van der Waals surface area contributed by atoms with E-state index in [0.717, 1.165) is 50.4 Å². The summed E-state index contributed by atoms with van der Waals surface area (Å²) in [5.41, 5.74) is 3.02. The first-order chi connectivity index (χ1) is 12.0. The second kappa shape index (κ2) is 6.04. The molecule has 0 aliphatic carbocycles. The Morgan fingerprint density at radius 2 is 2.20 bits per heavy atom. The van der Waals surface area contributed by atoms with E-state index in [2.05, 4.69) is 31.5 Å². The number of hydrogen-bond donors (Lipinski definition) is 0. The van der Waals surface area contributed by atoms with Gasteiger partial charge in [-0.05, 0) is 19.9 Å². The van der Waals surface area contributed by atoms with Gasteiger partial charge in [0.25, 0.3) is 0 Å². The molecule has 0 unspecified atom stereocenters. The van der Waals surface area contributed by atoms with Crippen LogP contribution in [-0.4, -0.2) is 27.2 Å². The predicted molar refractivity (Wildman–Crippen MR) is 100 cm³/mol. The van der Waals surface area contributed by atoms with Crippen molar-refractivity contribution in [2.45, 2.75) is 45.8 Å². The number of thiophene rings is 1. The third-order valence-corrected chi connectivity index (χ3v) is 5.43. The van der Waals surface area contributed by atoms with Crippen LogP contribution in [0.3, 0.4) is 0 Å². The van der Waals surface area contributed by atoms with Crippen molar-refractivity contribution in [3.05, 3.63) is 35.8 Å². The molecule has 0 spiro atoms. The summed E-state index contributed by atoms with van der Waals surface area (Å²) >= 11 is 1.59. The lowest BCUT2D eigenvalue weighted by molar-refractivity contribution is -0.0411. The Hall–Kier alpha value is -2.05. The van der Waals surface area contributed by atoms with E-state index in [0.29, 0.717) is 19.1 Å². The molecular formula is C19H21N3O2S. The van der Waals surface area contributed by atoms with Gasteiger partial charge >= 0.3 is 0 Å². The van der Waals surface area contributed by atoms with Gasteiger partial charge in [-0.1, -0.05) is 19.6 Å². The van der Waals surface area contributed by atoms with E-state index in [1.54, 1.807) is 17.4 Å². The smallest absolute Gasteiger partial charge is 0.235 e. The maximum absolute atomic E-state index is 5.95. The Morgan fingerprint density at radius 1 is 1.36 bits per heavy atom. The fraction of sp³-hybridized carbons (Fsp3) is 0.421. The van der Waals surface area contributed by atoms with Crippen LogP contribution in [0.15, 0.2) is 18.7 Å². The minimum absolute atomic E-state index is 0.169. The van der Waals surface area contributed by atoms with Gasteiger partial charge in [-0.25, -0.2) is 9.97 Å². The number of aryl methyl sites for hydroxylation is 1. The SMILES string of the molecule is C=CCOc1nc(CC)nc2c1sc1nc3c(cc12)COC(C)(C)C3. The maximum atomic E-state index is 5.95. The summed E-state index contributed by atoms with van der Waals surface area (Å²) in [5, 5.41) is 1.06. The number of fused-ring (bicyclic) bond motifs is 4. The van der Waals surface area contributed by atoms with E-state index >= 15 is 0 Å². The molecule has 1 aliphatic heterocycles. The molecule has 130 valence electrons. The second-order valence-electron chi connectivity index (χ2n) is 6.85. The van der Waals surface area contributed by atoms with E-state index < -0.39 is 0 Å². The molecule has 1 aliphatic rings. The Kier molecular flexibility index (Phi) is 3.96. The first-order valence-electron chi connectivity index (χ1n) is 8.50. The number of nitrogens with zero attached hydrogens (tertiary/aromatic N) is 3. The van der Waals surface area contributed by atoms with Gasteiger partial charge < -0.3 is 9.47 Å². The minimum Gasteiger partial charge on any atom is -0.472 e. The molecule has 0 saturated carbocycles. The molecule has 0 bridgehead atoms. The van der Waals surface area contributed by atoms with Crippen molar-refractivity contribution in [3.63, 3.8) is 0 Å². The van der Waals surface area contributed by atoms with Gasteiger partial charge in [-0.15, -0.1) is 11.3 Å². The summed E-state index contributed by atoms with van der Waals surface area (Å²) in [6, 6.07) is 2.18. The fourth-order valence-electron chi connectivity index (χ4n) is 3.07. The van der Waals surface area contributed by atoms with Gasteiger partial charge in [0.1, 0.15) is 22.0 Å². The molecule has 0 saturated heterocycles. The highest BCUT2D eigenvalue weighted by molar-refractivity contribution is 7.25. The molecule has 5 nitrogen and oxygen atoms in total. The molecule has 0 atom stereocenters. The van der Waals surface area contributed by atoms with Crippen LogP contribution in [0.1, 0.15) is 37.9 Å². The van der Waals surface area contributed by atoms with Crippen molar-refractivity contribution >= 4 is 31.8 Å². The summed E-state index contributed by atoms with van der Waals surface area (Å²) in [5.74, 6) is 1.40. The Balaban J connectivity index is 1.94. The molecule has 25 heavy (non-hydrogen) atoms. The highest BCUT2D eigenvalue weighted by Gasteiger charge is 2.28. The molecular weight excluding hydrogens is 334 g/mol. The zero-order valence-electron chi connectivity index (χ0n) is 14.8. The first-order valence-corrected chi connectivity index (χ1v) is 9.32. The van der Waals surface area contributed by atoms with Crippen molar-refractivity contribution in [1.29, 1.82) is 0 Å². The Morgan fingerprint density at radius 3 is 2.96 bits per heavy atom. The van der Waals surface area contributed by atoms with Gasteiger partial charge in [0, 0.05) is 23.8 Å². The molecule has 4 heterocycles. The van der Waals surface area contributed by atoms with Crippen molar-refractivity contribution in [2.24, 2.45) is 0 Å². The minimum atomic E-state index is -0.169. The molecule has 0 amide bonds. The molecule has 0 radical (unpaired) electrons. The average Bonchev–Trinajstić information content (AvgIpc) is 2.94. The number of pyridine rings is 1. The topological polar surface area (TPSA) is 57.1 Å². The first kappa shape index (κ1) is 16.4. The lowest BCUT2D eigenvalue weighted by Gasteiger charge is -2.30. The van der Waals surface area contributed by atoms with E-state index in [4.69, 9.17) is 19.4 Å². The monoisotopic (exact) mass is 355 g/mol. The highest BCUT2D eigenvalue weighted by Crippen LogP contribution is 2.39. The zero-order chi connectivity index (χ0) is 17.6. The van der Waals surface area contributed by atoms with Crippen LogP contribution >= 0.6 is 11.3 Å². The van der Waals surface area contributed by atoms with Crippen LogP contribution in [-0.2, 0) is 24.2 Å². The number of rotatable bonds is 4. The zero-order valence-corrected chi connectivity index (χ0v) is 15.6. The van der Waals surface area contributed by atoms with Crippen molar-refractivity contribution in [1.82, 2.24) is 15.0 Å². The fourth-order valence-corrected chi connectivity index (χ4v) is 4.12. The molecule has 4 rings (SSSR count). The van der Waals surface area contributed by atoms with E-state index in [1.165, 1.54) is 0 Å². The average molecular weight is 355 g/mol. The van der Waals surface area contributed by atoms with Crippen molar-refractivity contribution in [3.8, 4) is 5.88 Å². The molecule has 6 heteroatoms. The number of aromatic nitrogens is 3. The van der Waals surface area contributed by atoms with Crippen LogP contribution in [0, 0.1) is 0 Å². The number of ether oxygens (including phenoxy) is 2. The second-order valence-corrected chi connectivity index (χ2v) is 7.85. The molecule has 3 aromatic heterocycles. The van der Waals surface area contributed by atoms with Crippen molar-refractivity contribution in [2.75, 3.05) is 6.61 Å². The van der Waals surface area contributed by atoms with Gasteiger partial charge in [0.05, 0.1) is 23.4 Å². The summed E-state index contributed by atoms with van der Waals surface area (Å²) < 4.78 is 12.7. The van der Waals surface area contributed by atoms with Crippen molar-refractivity contribution < 1.29 is 9.47 Å². The third kappa shape index (κ3) is 2.89. The molecule has 0 aromatic carbocycles. The summed E-state index contributed by atoms with van der Waals surface area (Å²) in [4.78, 5) is 15.2. The quantitative estimate of drug-likeness (QED) is 0.656. The lowest BCUT2D eigenvalue weighted by Crippen LogP contribution is -2.32. The standard InChI is InChI=1S/C19H21N3O2S/c1-5-7-23-17-16-15(21-14(6-2)22-17)12-8-11-10-24-19(3,4)9-13(11)20-18(12)25-16/h5,8H,1,6-7,9-10H2,2-4H3. The molecule has 0 N–H and O–H groups in total. The van der Waals surface area contributed by atoms with Crippen LogP contribution < -0.4 is 4.74 Å². The maximum Gasteiger partial charge on any atom is 0.235 e. The van der Waals surface area contributed by atoms with E-state index in [9.17, 15) is 0 Å². The van der Waals surface area contributed by atoms with Crippen LogP contribution in [0.2, 0.25) is 0 Å². The summed E-state index contributed by atoms with van der Waals surface area (Å²) in [6.07, 6.45) is 3.30. The Bertz CT molecular complexity index is 978. The van der Waals surface area contributed by atoms with E-state index in [1.807, 2.05) is 6.92 Å². The van der Waals surface area contributed by atoms with Gasteiger partial charge in [0.2, 0.25) is 5.88 Å². The van der Waals surface area contributed by atoms with Gasteiger partial charge in [-0.3, -0.25) is 0 Å². The highest BCUT2D eigenvalue weighted by atomic mass is 32.1.